The predicted molar refractivity (Wildman–Crippen MR) is 105 cm³/mol. The molecular weight excluding hydrogens is 360 g/mol. The Kier molecular flexibility index (Phi) is 5.65. The number of carbonyl (C=O) groups is 1. The molecule has 1 aliphatic carbocycles. The van der Waals surface area contributed by atoms with E-state index in [-0.39, 0.29) is 10.8 Å². The van der Waals surface area contributed by atoms with E-state index in [1.807, 2.05) is 38.1 Å². The minimum absolute atomic E-state index is 0.243. The van der Waals surface area contributed by atoms with Crippen LogP contribution in [0.1, 0.15) is 42.5 Å². The lowest BCUT2D eigenvalue weighted by Crippen LogP contribution is -2.51. The van der Waals surface area contributed by atoms with Crippen molar-refractivity contribution in [2.75, 3.05) is 6.54 Å². The maximum absolute atomic E-state index is 13.4. The smallest absolute Gasteiger partial charge is 0.241 e. The molecule has 6 heteroatoms. The quantitative estimate of drug-likeness (QED) is 0.827. The Balaban J connectivity index is 1.81. The third kappa shape index (κ3) is 3.76. The summed E-state index contributed by atoms with van der Waals surface area (Å²) in [6.45, 7) is 4.21. The van der Waals surface area contributed by atoms with Crippen LogP contribution >= 0.6 is 0 Å². The highest BCUT2D eigenvalue weighted by Gasteiger charge is 2.52. The number of hydrogen-bond acceptors (Lipinski definition) is 4. The Morgan fingerprint density at radius 1 is 1.11 bits per heavy atom. The molecule has 1 heterocycles. The van der Waals surface area contributed by atoms with E-state index in [4.69, 9.17) is 0 Å². The van der Waals surface area contributed by atoms with Crippen molar-refractivity contribution in [2.24, 2.45) is 0 Å². The number of nitrogens with one attached hydrogen (secondary N) is 1. The molecule has 1 aromatic carbocycles. The Hall–Kier alpha value is -2.21. The molecule has 5 nitrogen and oxygen atoms in total. The molecule has 0 atom stereocenters. The number of pyridine rings is 1. The van der Waals surface area contributed by atoms with Gasteiger partial charge in [-0.15, -0.1) is 0 Å². The molecule has 1 fully saturated rings. The van der Waals surface area contributed by atoms with Gasteiger partial charge >= 0.3 is 0 Å². The first kappa shape index (κ1) is 19.5. The van der Waals surface area contributed by atoms with Crippen LogP contribution in [0.3, 0.4) is 0 Å². The van der Waals surface area contributed by atoms with Gasteiger partial charge in [0.2, 0.25) is 5.91 Å². The number of rotatable bonds is 6. The van der Waals surface area contributed by atoms with Crippen LogP contribution in [-0.2, 0) is 21.1 Å². The zero-order chi connectivity index (χ0) is 19.5. The maximum Gasteiger partial charge on any atom is 0.241 e. The molecule has 0 radical (unpaired) electrons. The zero-order valence-corrected chi connectivity index (χ0v) is 16.7. The van der Waals surface area contributed by atoms with Crippen LogP contribution in [0.5, 0.6) is 0 Å². The summed E-state index contributed by atoms with van der Waals surface area (Å²) in [4.78, 5) is 17.5. The topological polar surface area (TPSA) is 76.1 Å². The van der Waals surface area contributed by atoms with Gasteiger partial charge in [-0.1, -0.05) is 25.0 Å². The molecule has 27 heavy (non-hydrogen) atoms. The molecule has 2 aromatic rings. The van der Waals surface area contributed by atoms with Gasteiger partial charge in [0.05, 0.1) is 4.90 Å². The highest BCUT2D eigenvalue weighted by molar-refractivity contribution is 7.93. The number of hydrogen-bond donors (Lipinski definition) is 1. The van der Waals surface area contributed by atoms with Crippen molar-refractivity contribution >= 4 is 15.7 Å². The molecule has 0 saturated heterocycles. The summed E-state index contributed by atoms with van der Waals surface area (Å²) in [5, 5.41) is 2.86. The number of nitrogens with zero attached hydrogens (tertiary/aromatic N) is 1. The summed E-state index contributed by atoms with van der Waals surface area (Å²) < 4.78 is 25.5. The summed E-state index contributed by atoms with van der Waals surface area (Å²) in [7, 11) is -3.76. The average Bonchev–Trinajstić information content (AvgIpc) is 3.16. The molecular formula is C21H26N2O3S. The highest BCUT2D eigenvalue weighted by Crippen LogP contribution is 2.41. The number of benzene rings is 1. The van der Waals surface area contributed by atoms with Crippen molar-refractivity contribution in [1.29, 1.82) is 0 Å². The van der Waals surface area contributed by atoms with Crippen molar-refractivity contribution in [1.82, 2.24) is 10.3 Å². The predicted octanol–water partition coefficient (Wildman–Crippen LogP) is 3.14. The molecule has 3 rings (SSSR count). The lowest BCUT2D eigenvalue weighted by Gasteiger charge is -2.28. The van der Waals surface area contributed by atoms with Crippen LogP contribution in [0.2, 0.25) is 0 Å². The normalized spacial score (nSPS) is 16.2. The van der Waals surface area contributed by atoms with Crippen molar-refractivity contribution in [3.63, 3.8) is 0 Å². The fourth-order valence-corrected chi connectivity index (χ4v) is 5.85. The van der Waals surface area contributed by atoms with E-state index in [0.29, 0.717) is 25.8 Å². The van der Waals surface area contributed by atoms with Gasteiger partial charge in [-0.2, -0.15) is 0 Å². The van der Waals surface area contributed by atoms with Gasteiger partial charge in [0.15, 0.2) is 14.6 Å². The highest BCUT2D eigenvalue weighted by atomic mass is 32.2. The Morgan fingerprint density at radius 2 is 1.85 bits per heavy atom. The number of aromatic nitrogens is 1. The van der Waals surface area contributed by atoms with E-state index in [1.54, 1.807) is 18.3 Å². The molecule has 0 spiro atoms. The number of sulfone groups is 1. The van der Waals surface area contributed by atoms with E-state index in [9.17, 15) is 13.2 Å². The van der Waals surface area contributed by atoms with Crippen molar-refractivity contribution in [3.05, 3.63) is 59.4 Å². The summed E-state index contributed by atoms with van der Waals surface area (Å²) in [6, 6.07) is 10.7. The summed E-state index contributed by atoms with van der Waals surface area (Å²) in [5.41, 5.74) is 2.82. The van der Waals surface area contributed by atoms with Crippen LogP contribution in [0.15, 0.2) is 47.5 Å². The Labute approximate surface area is 161 Å². The third-order valence-corrected chi connectivity index (χ3v) is 8.02. The minimum atomic E-state index is -3.76. The fourth-order valence-electron chi connectivity index (χ4n) is 3.68. The first-order valence-electron chi connectivity index (χ1n) is 9.37. The Morgan fingerprint density at radius 3 is 2.48 bits per heavy atom. The molecule has 1 aliphatic rings. The minimum Gasteiger partial charge on any atom is -0.354 e. The van der Waals surface area contributed by atoms with Gasteiger partial charge < -0.3 is 5.32 Å². The van der Waals surface area contributed by atoms with Gasteiger partial charge in [-0.05, 0) is 62.1 Å². The fraction of sp³-hybridized carbons (Fsp3) is 0.429. The second-order valence-electron chi connectivity index (χ2n) is 7.28. The van der Waals surface area contributed by atoms with E-state index in [0.717, 1.165) is 29.7 Å². The van der Waals surface area contributed by atoms with Crippen LogP contribution in [0.4, 0.5) is 0 Å². The van der Waals surface area contributed by atoms with E-state index in [2.05, 4.69) is 10.3 Å². The zero-order valence-electron chi connectivity index (χ0n) is 15.9. The van der Waals surface area contributed by atoms with E-state index < -0.39 is 14.6 Å². The maximum atomic E-state index is 13.4. The van der Waals surface area contributed by atoms with Gasteiger partial charge in [-0.25, -0.2) is 8.42 Å². The van der Waals surface area contributed by atoms with Gasteiger partial charge in [0.25, 0.3) is 0 Å². The lowest BCUT2D eigenvalue weighted by atomic mass is 10.1. The number of aryl methyl sites for hydroxylation is 2. The first-order chi connectivity index (χ1) is 12.9. The largest absolute Gasteiger partial charge is 0.354 e. The molecule has 0 unspecified atom stereocenters. The first-order valence-corrected chi connectivity index (χ1v) is 10.9. The van der Waals surface area contributed by atoms with Crippen LogP contribution in [0.25, 0.3) is 0 Å². The molecule has 1 saturated carbocycles. The van der Waals surface area contributed by atoms with Crippen molar-refractivity contribution in [3.8, 4) is 0 Å². The molecule has 1 N–H and O–H groups in total. The van der Waals surface area contributed by atoms with Crippen LogP contribution in [0, 0.1) is 13.8 Å². The summed E-state index contributed by atoms with van der Waals surface area (Å²) in [5.74, 6) is -0.380. The summed E-state index contributed by atoms with van der Waals surface area (Å²) >= 11 is 0. The second-order valence-corrected chi connectivity index (χ2v) is 9.54. The van der Waals surface area contributed by atoms with Crippen LogP contribution < -0.4 is 5.32 Å². The van der Waals surface area contributed by atoms with Gasteiger partial charge in [0, 0.05) is 24.9 Å². The number of carbonyl (C=O) groups excluding carboxylic acids is 1. The average molecular weight is 387 g/mol. The van der Waals surface area contributed by atoms with E-state index >= 15 is 0 Å². The summed E-state index contributed by atoms with van der Waals surface area (Å²) in [6.07, 6.45) is 4.52. The lowest BCUT2D eigenvalue weighted by molar-refractivity contribution is -0.123. The monoisotopic (exact) mass is 386 g/mol. The molecule has 0 aliphatic heterocycles. The molecule has 0 bridgehead atoms. The second kappa shape index (κ2) is 7.80. The number of amides is 1. The molecule has 1 amide bonds. The van der Waals surface area contributed by atoms with Crippen LogP contribution in [-0.4, -0.2) is 30.6 Å². The Bertz CT molecular complexity index is 918. The van der Waals surface area contributed by atoms with Crippen molar-refractivity contribution < 1.29 is 13.2 Å². The standard InChI is InChI=1S/C21H26N2O3S/c1-16-8-9-19(15-17(16)2)27(25,26)21(11-4-5-12-21)20(24)23-14-10-18-7-3-6-13-22-18/h3,6-9,13,15H,4-5,10-12,14H2,1-2H3,(H,23,24). The van der Waals surface area contributed by atoms with Gasteiger partial charge in [0.1, 0.15) is 0 Å². The van der Waals surface area contributed by atoms with Gasteiger partial charge in [-0.3, -0.25) is 9.78 Å². The molecule has 1 aromatic heterocycles. The van der Waals surface area contributed by atoms with E-state index in [1.165, 1.54) is 0 Å². The van der Waals surface area contributed by atoms with Crippen molar-refractivity contribution in [2.45, 2.75) is 55.6 Å². The third-order valence-electron chi connectivity index (χ3n) is 5.52. The molecule has 144 valence electrons. The SMILES string of the molecule is Cc1ccc(S(=O)(=O)C2(C(=O)NCCc3ccccn3)CCCC2)cc1C.